The third-order valence-corrected chi connectivity index (χ3v) is 5.05. The first kappa shape index (κ1) is 11.9. The van der Waals surface area contributed by atoms with E-state index in [2.05, 4.69) is 22.2 Å². The molecule has 0 aromatic carbocycles. The molecule has 0 aromatic rings. The third-order valence-electron chi connectivity index (χ3n) is 5.05. The van der Waals surface area contributed by atoms with Gasteiger partial charge in [-0.1, -0.05) is 0 Å². The maximum Gasteiger partial charge on any atom is 0.00253 e. The standard InChI is InChI=1S/C14H27N3/c1-16-7-4-13-10-17(11-14(13)9-16)8-12-2-5-15-6-3-12/h12-15H,2-11H2,1H3/t13-,14+/m1/s1. The van der Waals surface area contributed by atoms with E-state index in [4.69, 9.17) is 0 Å². The van der Waals surface area contributed by atoms with Gasteiger partial charge in [0.15, 0.2) is 0 Å². The summed E-state index contributed by atoms with van der Waals surface area (Å²) >= 11 is 0. The minimum atomic E-state index is 0.967. The fourth-order valence-corrected chi connectivity index (χ4v) is 4.03. The Morgan fingerprint density at radius 1 is 1.00 bits per heavy atom. The molecular formula is C14H27N3. The minimum absolute atomic E-state index is 0.967. The molecule has 0 spiro atoms. The molecule has 0 amide bonds. The maximum atomic E-state index is 3.47. The van der Waals surface area contributed by atoms with Crippen LogP contribution in [0.15, 0.2) is 0 Å². The zero-order valence-corrected chi connectivity index (χ0v) is 11.2. The van der Waals surface area contributed by atoms with Crippen molar-refractivity contribution in [2.45, 2.75) is 19.3 Å². The lowest BCUT2D eigenvalue weighted by atomic mass is 9.89. The van der Waals surface area contributed by atoms with Crippen molar-refractivity contribution in [3.8, 4) is 0 Å². The second-order valence-corrected chi connectivity index (χ2v) is 6.48. The van der Waals surface area contributed by atoms with E-state index in [0.717, 1.165) is 17.8 Å². The first-order valence-corrected chi connectivity index (χ1v) is 7.43. The number of hydrogen-bond donors (Lipinski definition) is 1. The van der Waals surface area contributed by atoms with E-state index in [1.807, 2.05) is 0 Å². The molecule has 3 heterocycles. The van der Waals surface area contributed by atoms with E-state index in [1.165, 1.54) is 65.1 Å². The Morgan fingerprint density at radius 3 is 2.59 bits per heavy atom. The molecule has 1 N–H and O–H groups in total. The van der Waals surface area contributed by atoms with Crippen molar-refractivity contribution in [1.29, 1.82) is 0 Å². The molecular weight excluding hydrogens is 210 g/mol. The van der Waals surface area contributed by atoms with Crippen LogP contribution in [0.3, 0.4) is 0 Å². The summed E-state index contributed by atoms with van der Waals surface area (Å²) in [6, 6.07) is 0. The molecule has 3 heteroatoms. The van der Waals surface area contributed by atoms with Gasteiger partial charge in [-0.2, -0.15) is 0 Å². The van der Waals surface area contributed by atoms with Crippen molar-refractivity contribution >= 4 is 0 Å². The van der Waals surface area contributed by atoms with Gasteiger partial charge in [-0.05, 0) is 63.7 Å². The van der Waals surface area contributed by atoms with Gasteiger partial charge in [0.2, 0.25) is 0 Å². The highest BCUT2D eigenvalue weighted by molar-refractivity contribution is 4.90. The molecule has 3 rings (SSSR count). The third kappa shape index (κ3) is 2.83. The lowest BCUT2D eigenvalue weighted by Crippen LogP contribution is -2.37. The zero-order valence-electron chi connectivity index (χ0n) is 11.2. The van der Waals surface area contributed by atoms with E-state index >= 15 is 0 Å². The Labute approximate surface area is 106 Å². The number of nitrogens with one attached hydrogen (secondary N) is 1. The van der Waals surface area contributed by atoms with Crippen LogP contribution >= 0.6 is 0 Å². The molecule has 0 aliphatic carbocycles. The number of hydrogen-bond acceptors (Lipinski definition) is 3. The topological polar surface area (TPSA) is 18.5 Å². The number of nitrogens with zero attached hydrogens (tertiary/aromatic N) is 2. The van der Waals surface area contributed by atoms with Crippen molar-refractivity contribution in [3.63, 3.8) is 0 Å². The predicted octanol–water partition coefficient (Wildman–Crippen LogP) is 0.869. The first-order chi connectivity index (χ1) is 8.31. The summed E-state index contributed by atoms with van der Waals surface area (Å²) in [4.78, 5) is 5.29. The van der Waals surface area contributed by atoms with Gasteiger partial charge in [0.25, 0.3) is 0 Å². The SMILES string of the molecule is CN1CC[C@@H]2CN(CC3CCNCC3)C[C@@H]2C1. The average Bonchev–Trinajstić information content (AvgIpc) is 2.71. The Morgan fingerprint density at radius 2 is 1.76 bits per heavy atom. The summed E-state index contributed by atoms with van der Waals surface area (Å²) in [7, 11) is 2.28. The highest BCUT2D eigenvalue weighted by Crippen LogP contribution is 2.31. The lowest BCUT2D eigenvalue weighted by molar-refractivity contribution is 0.178. The highest BCUT2D eigenvalue weighted by Gasteiger charge is 2.36. The zero-order chi connectivity index (χ0) is 11.7. The summed E-state index contributed by atoms with van der Waals surface area (Å²) in [6.45, 7) is 9.29. The lowest BCUT2D eigenvalue weighted by Gasteiger charge is -2.31. The summed E-state index contributed by atoms with van der Waals surface area (Å²) in [6.07, 6.45) is 4.22. The fourth-order valence-electron chi connectivity index (χ4n) is 4.03. The molecule has 98 valence electrons. The van der Waals surface area contributed by atoms with Crippen molar-refractivity contribution in [2.75, 3.05) is 52.9 Å². The van der Waals surface area contributed by atoms with E-state index < -0.39 is 0 Å². The van der Waals surface area contributed by atoms with Crippen LogP contribution in [0.5, 0.6) is 0 Å². The van der Waals surface area contributed by atoms with E-state index in [0.29, 0.717) is 0 Å². The Hall–Kier alpha value is -0.120. The molecule has 3 aliphatic rings. The van der Waals surface area contributed by atoms with Crippen LogP contribution in [-0.2, 0) is 0 Å². The second kappa shape index (κ2) is 5.25. The van der Waals surface area contributed by atoms with Crippen molar-refractivity contribution < 1.29 is 0 Å². The fraction of sp³-hybridized carbons (Fsp3) is 1.00. The number of rotatable bonds is 2. The highest BCUT2D eigenvalue weighted by atomic mass is 15.2. The van der Waals surface area contributed by atoms with Crippen LogP contribution in [0.4, 0.5) is 0 Å². The van der Waals surface area contributed by atoms with Gasteiger partial charge >= 0.3 is 0 Å². The molecule has 0 saturated carbocycles. The monoisotopic (exact) mass is 237 g/mol. The van der Waals surface area contributed by atoms with Crippen molar-refractivity contribution in [3.05, 3.63) is 0 Å². The first-order valence-electron chi connectivity index (χ1n) is 7.43. The van der Waals surface area contributed by atoms with E-state index in [1.54, 1.807) is 0 Å². The van der Waals surface area contributed by atoms with Gasteiger partial charge in [-0.15, -0.1) is 0 Å². The Balaban J connectivity index is 1.49. The largest absolute Gasteiger partial charge is 0.317 e. The van der Waals surface area contributed by atoms with Gasteiger partial charge in [0.1, 0.15) is 0 Å². The van der Waals surface area contributed by atoms with Gasteiger partial charge in [0.05, 0.1) is 0 Å². The molecule has 3 saturated heterocycles. The van der Waals surface area contributed by atoms with Crippen molar-refractivity contribution in [1.82, 2.24) is 15.1 Å². The van der Waals surface area contributed by atoms with E-state index in [9.17, 15) is 0 Å². The van der Waals surface area contributed by atoms with Crippen LogP contribution in [0, 0.1) is 17.8 Å². The van der Waals surface area contributed by atoms with Gasteiger partial charge in [0, 0.05) is 26.2 Å². The number of piperidine rings is 2. The smallest absolute Gasteiger partial charge is 0.00253 e. The van der Waals surface area contributed by atoms with E-state index in [-0.39, 0.29) is 0 Å². The maximum absolute atomic E-state index is 3.47. The van der Waals surface area contributed by atoms with Crippen LogP contribution in [0.1, 0.15) is 19.3 Å². The van der Waals surface area contributed by atoms with Gasteiger partial charge in [-0.25, -0.2) is 0 Å². The minimum Gasteiger partial charge on any atom is -0.317 e. The summed E-state index contributed by atoms with van der Waals surface area (Å²) < 4.78 is 0. The summed E-state index contributed by atoms with van der Waals surface area (Å²) in [5.74, 6) is 2.94. The molecule has 0 aromatic heterocycles. The number of likely N-dealkylation sites (tertiary alicyclic amines) is 2. The molecule has 3 fully saturated rings. The second-order valence-electron chi connectivity index (χ2n) is 6.48. The summed E-state index contributed by atoms with van der Waals surface area (Å²) in [5, 5.41) is 3.47. The molecule has 17 heavy (non-hydrogen) atoms. The normalized spacial score (nSPS) is 37.2. The molecule has 0 unspecified atom stereocenters. The average molecular weight is 237 g/mol. The molecule has 3 aliphatic heterocycles. The summed E-state index contributed by atoms with van der Waals surface area (Å²) in [5.41, 5.74) is 0. The Bertz CT molecular complexity index is 250. The number of fused-ring (bicyclic) bond motifs is 1. The van der Waals surface area contributed by atoms with Gasteiger partial charge in [-0.3, -0.25) is 0 Å². The predicted molar refractivity (Wildman–Crippen MR) is 71.1 cm³/mol. The molecule has 2 atom stereocenters. The molecule has 3 nitrogen and oxygen atoms in total. The van der Waals surface area contributed by atoms with Crippen molar-refractivity contribution in [2.24, 2.45) is 17.8 Å². The van der Waals surface area contributed by atoms with Crippen LogP contribution in [0.2, 0.25) is 0 Å². The molecule has 0 radical (unpaired) electrons. The van der Waals surface area contributed by atoms with Crippen LogP contribution in [-0.4, -0.2) is 62.7 Å². The van der Waals surface area contributed by atoms with Crippen LogP contribution in [0.25, 0.3) is 0 Å². The van der Waals surface area contributed by atoms with Crippen LogP contribution < -0.4 is 5.32 Å². The van der Waals surface area contributed by atoms with Gasteiger partial charge < -0.3 is 15.1 Å². The quantitative estimate of drug-likeness (QED) is 0.769. The Kier molecular flexibility index (Phi) is 3.69. The molecule has 0 bridgehead atoms.